The first-order chi connectivity index (χ1) is 13.3. The Balaban J connectivity index is 1.75. The molecule has 28 heavy (non-hydrogen) atoms. The third-order valence-electron chi connectivity index (χ3n) is 4.68. The number of benzene rings is 2. The van der Waals surface area contributed by atoms with Crippen LogP contribution in [0.5, 0.6) is 5.75 Å². The number of amides is 2. The molecule has 1 heterocycles. The highest BCUT2D eigenvalue weighted by Crippen LogP contribution is 2.33. The number of urea groups is 1. The lowest BCUT2D eigenvalue weighted by Gasteiger charge is -2.20. The number of hydrogen-bond acceptors (Lipinski definition) is 4. The average Bonchev–Trinajstić information content (AvgIpc) is 3.07. The Morgan fingerprint density at radius 3 is 2.64 bits per heavy atom. The second-order valence-corrected chi connectivity index (χ2v) is 8.75. The van der Waals surface area contributed by atoms with Gasteiger partial charge in [0.25, 0.3) is 0 Å². The first-order valence-electron chi connectivity index (χ1n) is 9.20. The number of rotatable bonds is 6. The molecular weight excluding hydrogens is 378 g/mol. The Labute approximate surface area is 165 Å². The molecule has 0 spiro atoms. The number of nitrogens with zero attached hydrogens (tertiary/aromatic N) is 1. The van der Waals surface area contributed by atoms with Crippen LogP contribution in [-0.4, -0.2) is 33.9 Å². The summed E-state index contributed by atoms with van der Waals surface area (Å²) < 4.78 is 31.6. The van der Waals surface area contributed by atoms with E-state index < -0.39 is 16.1 Å². The summed E-state index contributed by atoms with van der Waals surface area (Å²) in [4.78, 5) is 12.4. The molecule has 0 aromatic heterocycles. The van der Waals surface area contributed by atoms with Crippen molar-refractivity contribution in [2.45, 2.75) is 26.7 Å². The quantitative estimate of drug-likeness (QED) is 0.769. The van der Waals surface area contributed by atoms with Crippen molar-refractivity contribution < 1.29 is 17.9 Å². The standard InChI is InChI=1S/C20H25N3O4S/c1-4-11-28(25,26)23-10-9-15-5-6-16(13-19(15)23)21-20(24)22-18-8-7-17(27-3)12-14(18)2/h5-8,12-13H,4,9-11H2,1-3H3,(H2,21,22,24). The summed E-state index contributed by atoms with van der Waals surface area (Å²) in [6.07, 6.45) is 1.24. The van der Waals surface area contributed by atoms with Gasteiger partial charge in [-0.05, 0) is 61.2 Å². The maximum atomic E-state index is 12.5. The molecule has 8 heteroatoms. The topological polar surface area (TPSA) is 87.7 Å². The maximum Gasteiger partial charge on any atom is 0.323 e. The lowest BCUT2D eigenvalue weighted by molar-refractivity contribution is 0.262. The van der Waals surface area contributed by atoms with E-state index in [0.717, 1.165) is 16.9 Å². The third-order valence-corrected chi connectivity index (χ3v) is 6.65. The van der Waals surface area contributed by atoms with Gasteiger partial charge in [-0.2, -0.15) is 0 Å². The molecule has 1 aliphatic rings. The Kier molecular flexibility index (Phi) is 5.79. The number of fused-ring (bicyclic) bond motifs is 1. The summed E-state index contributed by atoms with van der Waals surface area (Å²) in [6, 6.07) is 10.4. The summed E-state index contributed by atoms with van der Waals surface area (Å²) in [7, 11) is -1.75. The Morgan fingerprint density at radius 1 is 1.18 bits per heavy atom. The third kappa shape index (κ3) is 4.22. The van der Waals surface area contributed by atoms with Crippen molar-refractivity contribution in [1.82, 2.24) is 0 Å². The number of nitrogens with one attached hydrogen (secondary N) is 2. The van der Waals surface area contributed by atoms with E-state index in [4.69, 9.17) is 4.74 Å². The summed E-state index contributed by atoms with van der Waals surface area (Å²) in [5.41, 5.74) is 3.71. The minimum Gasteiger partial charge on any atom is -0.497 e. The Hall–Kier alpha value is -2.74. The molecule has 1 aliphatic heterocycles. The van der Waals surface area contributed by atoms with Gasteiger partial charge in [0, 0.05) is 17.9 Å². The van der Waals surface area contributed by atoms with Crippen LogP contribution in [0.1, 0.15) is 24.5 Å². The molecule has 0 saturated carbocycles. The van der Waals surface area contributed by atoms with Gasteiger partial charge in [0.05, 0.1) is 18.6 Å². The first kappa shape index (κ1) is 20.0. The van der Waals surface area contributed by atoms with Gasteiger partial charge in [0.2, 0.25) is 10.0 Å². The molecule has 0 radical (unpaired) electrons. The number of carbonyl (C=O) groups is 1. The second-order valence-electron chi connectivity index (χ2n) is 6.74. The minimum atomic E-state index is -3.34. The zero-order valence-electron chi connectivity index (χ0n) is 16.3. The lowest BCUT2D eigenvalue weighted by atomic mass is 10.1. The summed E-state index contributed by atoms with van der Waals surface area (Å²) in [5, 5.41) is 5.58. The highest BCUT2D eigenvalue weighted by Gasteiger charge is 2.29. The summed E-state index contributed by atoms with van der Waals surface area (Å²) in [5.74, 6) is 0.830. The first-order valence-corrected chi connectivity index (χ1v) is 10.8. The maximum absolute atomic E-state index is 12.5. The fourth-order valence-electron chi connectivity index (χ4n) is 3.27. The van der Waals surface area contributed by atoms with Crippen LogP contribution in [0.3, 0.4) is 0 Å². The summed E-state index contributed by atoms with van der Waals surface area (Å²) >= 11 is 0. The van der Waals surface area contributed by atoms with Gasteiger partial charge in [0.15, 0.2) is 0 Å². The SMILES string of the molecule is CCCS(=O)(=O)N1CCc2ccc(NC(=O)Nc3ccc(OC)cc3C)cc21. The molecule has 0 unspecified atom stereocenters. The predicted octanol–water partition coefficient (Wildman–Crippen LogP) is 3.75. The largest absolute Gasteiger partial charge is 0.497 e. The normalized spacial score (nSPS) is 13.2. The molecular formula is C20H25N3O4S. The number of carbonyl (C=O) groups excluding carboxylic acids is 1. The fraction of sp³-hybridized carbons (Fsp3) is 0.350. The molecule has 0 fully saturated rings. The molecule has 2 N–H and O–H groups in total. The van der Waals surface area contributed by atoms with Gasteiger partial charge in [-0.15, -0.1) is 0 Å². The van der Waals surface area contributed by atoms with Crippen molar-refractivity contribution in [3.05, 3.63) is 47.5 Å². The van der Waals surface area contributed by atoms with Gasteiger partial charge >= 0.3 is 6.03 Å². The van der Waals surface area contributed by atoms with Crippen LogP contribution in [0.25, 0.3) is 0 Å². The van der Waals surface area contributed by atoms with Gasteiger partial charge in [-0.25, -0.2) is 13.2 Å². The molecule has 7 nitrogen and oxygen atoms in total. The molecule has 0 atom stereocenters. The second kappa shape index (κ2) is 8.10. The smallest absolute Gasteiger partial charge is 0.323 e. The van der Waals surface area contributed by atoms with E-state index in [9.17, 15) is 13.2 Å². The van der Waals surface area contributed by atoms with Crippen LogP contribution in [0.2, 0.25) is 0 Å². The molecule has 0 bridgehead atoms. The van der Waals surface area contributed by atoms with Crippen LogP contribution in [0, 0.1) is 6.92 Å². The molecule has 3 rings (SSSR count). The number of methoxy groups -OCH3 is 1. The van der Waals surface area contributed by atoms with E-state index in [0.29, 0.717) is 36.4 Å². The van der Waals surface area contributed by atoms with E-state index in [1.807, 2.05) is 26.0 Å². The van der Waals surface area contributed by atoms with Crippen molar-refractivity contribution in [3.8, 4) is 5.75 Å². The van der Waals surface area contributed by atoms with Gasteiger partial charge in [0.1, 0.15) is 5.75 Å². The summed E-state index contributed by atoms with van der Waals surface area (Å²) in [6.45, 7) is 4.17. The Morgan fingerprint density at radius 2 is 1.96 bits per heavy atom. The number of aryl methyl sites for hydroxylation is 1. The van der Waals surface area contributed by atoms with Gasteiger partial charge in [-0.3, -0.25) is 4.31 Å². The molecule has 150 valence electrons. The molecule has 2 amide bonds. The van der Waals surface area contributed by atoms with E-state index in [-0.39, 0.29) is 5.75 Å². The zero-order chi connectivity index (χ0) is 20.3. The van der Waals surface area contributed by atoms with Crippen molar-refractivity contribution in [3.63, 3.8) is 0 Å². The molecule has 2 aromatic carbocycles. The minimum absolute atomic E-state index is 0.112. The number of sulfonamides is 1. The highest BCUT2D eigenvalue weighted by molar-refractivity contribution is 7.92. The van der Waals surface area contributed by atoms with Gasteiger partial charge in [-0.1, -0.05) is 13.0 Å². The van der Waals surface area contributed by atoms with Crippen molar-refractivity contribution >= 4 is 33.1 Å². The zero-order valence-corrected chi connectivity index (χ0v) is 17.1. The van der Waals surface area contributed by atoms with Gasteiger partial charge < -0.3 is 15.4 Å². The lowest BCUT2D eigenvalue weighted by Crippen LogP contribution is -2.31. The van der Waals surface area contributed by atoms with Crippen LogP contribution >= 0.6 is 0 Å². The van der Waals surface area contributed by atoms with Crippen molar-refractivity contribution in [2.24, 2.45) is 0 Å². The van der Waals surface area contributed by atoms with Crippen LogP contribution < -0.4 is 19.7 Å². The molecule has 0 saturated heterocycles. The number of anilines is 3. The number of ether oxygens (including phenoxy) is 1. The Bertz CT molecular complexity index is 989. The average molecular weight is 404 g/mol. The van der Waals surface area contributed by atoms with E-state index >= 15 is 0 Å². The van der Waals surface area contributed by atoms with Crippen LogP contribution in [-0.2, 0) is 16.4 Å². The van der Waals surface area contributed by atoms with Crippen molar-refractivity contribution in [1.29, 1.82) is 0 Å². The van der Waals surface area contributed by atoms with Crippen LogP contribution in [0.15, 0.2) is 36.4 Å². The predicted molar refractivity (Wildman–Crippen MR) is 112 cm³/mol. The fourth-order valence-corrected chi connectivity index (χ4v) is 4.85. The number of hydrogen-bond donors (Lipinski definition) is 2. The monoisotopic (exact) mass is 403 g/mol. The van der Waals surface area contributed by atoms with E-state index in [2.05, 4.69) is 10.6 Å². The molecule has 0 aliphatic carbocycles. The van der Waals surface area contributed by atoms with Crippen molar-refractivity contribution in [2.75, 3.05) is 34.3 Å². The van der Waals surface area contributed by atoms with Crippen LogP contribution in [0.4, 0.5) is 21.9 Å². The molecule has 2 aromatic rings. The highest BCUT2D eigenvalue weighted by atomic mass is 32.2. The van der Waals surface area contributed by atoms with E-state index in [1.165, 1.54) is 4.31 Å². The van der Waals surface area contributed by atoms with E-state index in [1.54, 1.807) is 31.4 Å².